The summed E-state index contributed by atoms with van der Waals surface area (Å²) in [4.78, 5) is 14.2. The Balaban J connectivity index is 1.54. The minimum Gasteiger partial charge on any atom is -0.331 e. The van der Waals surface area contributed by atoms with Gasteiger partial charge in [0, 0.05) is 29.2 Å². The van der Waals surface area contributed by atoms with Crippen LogP contribution in [0.4, 0.5) is 0 Å². The van der Waals surface area contributed by atoms with Gasteiger partial charge in [-0.1, -0.05) is 48.0 Å². The molecule has 124 valence electrons. The molecule has 5 heteroatoms. The number of amides is 1. The lowest BCUT2D eigenvalue weighted by atomic mass is 10.1. The molecule has 1 aliphatic rings. The van der Waals surface area contributed by atoms with Gasteiger partial charge in [-0.05, 0) is 35.9 Å². The van der Waals surface area contributed by atoms with Gasteiger partial charge < -0.3 is 4.90 Å². The van der Waals surface area contributed by atoms with Crippen LogP contribution in [-0.4, -0.2) is 34.1 Å². The molecular weight excluding hydrogens is 334 g/mol. The van der Waals surface area contributed by atoms with E-state index in [2.05, 4.69) is 10.2 Å². The second-order valence-electron chi connectivity index (χ2n) is 5.93. The van der Waals surface area contributed by atoms with Gasteiger partial charge in [-0.15, -0.1) is 0 Å². The van der Waals surface area contributed by atoms with E-state index in [9.17, 15) is 4.79 Å². The number of halogens is 1. The van der Waals surface area contributed by atoms with E-state index in [0.717, 1.165) is 22.5 Å². The fourth-order valence-corrected chi connectivity index (χ4v) is 2.98. The summed E-state index contributed by atoms with van der Waals surface area (Å²) in [6.07, 6.45) is 4.02. The van der Waals surface area contributed by atoms with Crippen molar-refractivity contribution >= 4 is 17.5 Å². The van der Waals surface area contributed by atoms with Crippen molar-refractivity contribution in [2.75, 3.05) is 13.1 Å². The Kier molecular flexibility index (Phi) is 4.12. The van der Waals surface area contributed by atoms with E-state index in [1.54, 1.807) is 0 Å². The molecule has 2 heterocycles. The van der Waals surface area contributed by atoms with Gasteiger partial charge in [0.2, 0.25) is 0 Å². The summed E-state index contributed by atoms with van der Waals surface area (Å²) in [5.41, 5.74) is 4.45. The zero-order valence-electron chi connectivity index (χ0n) is 13.4. The summed E-state index contributed by atoms with van der Waals surface area (Å²) in [6.45, 7) is 1.37. The zero-order valence-corrected chi connectivity index (χ0v) is 14.2. The van der Waals surface area contributed by atoms with E-state index in [4.69, 9.17) is 11.6 Å². The molecule has 0 fully saturated rings. The van der Waals surface area contributed by atoms with Crippen LogP contribution in [0.3, 0.4) is 0 Å². The van der Waals surface area contributed by atoms with Gasteiger partial charge in [-0.3, -0.25) is 9.89 Å². The normalized spacial score (nSPS) is 13.4. The van der Waals surface area contributed by atoms with E-state index in [1.807, 2.05) is 71.6 Å². The molecule has 1 aromatic heterocycles. The molecule has 4 nitrogen and oxygen atoms in total. The molecule has 4 rings (SSSR count). The lowest BCUT2D eigenvalue weighted by Gasteiger charge is -2.15. The third-order valence-electron chi connectivity index (χ3n) is 4.27. The molecule has 0 spiro atoms. The number of carbonyl (C=O) groups is 1. The number of aromatic amines is 1. The van der Waals surface area contributed by atoms with Crippen molar-refractivity contribution in [2.45, 2.75) is 0 Å². The predicted octanol–water partition coefficient (Wildman–Crippen LogP) is 4.41. The number of H-pyrrole nitrogens is 1. The quantitative estimate of drug-likeness (QED) is 0.712. The van der Waals surface area contributed by atoms with E-state index < -0.39 is 0 Å². The van der Waals surface area contributed by atoms with Crippen molar-refractivity contribution < 1.29 is 4.79 Å². The average molecular weight is 350 g/mol. The highest BCUT2D eigenvalue weighted by Gasteiger charge is 2.16. The summed E-state index contributed by atoms with van der Waals surface area (Å²) in [5.74, 6) is 0.0560. The zero-order chi connectivity index (χ0) is 17.2. The molecule has 3 aromatic rings. The van der Waals surface area contributed by atoms with Gasteiger partial charge in [-0.25, -0.2) is 0 Å². The second-order valence-corrected chi connectivity index (χ2v) is 6.37. The Morgan fingerprint density at radius 3 is 2.28 bits per heavy atom. The molecule has 0 unspecified atom stereocenters. The van der Waals surface area contributed by atoms with Crippen LogP contribution in [0, 0.1) is 0 Å². The molecule has 0 saturated heterocycles. The van der Waals surface area contributed by atoms with E-state index in [1.165, 1.54) is 0 Å². The van der Waals surface area contributed by atoms with Gasteiger partial charge in [0.15, 0.2) is 0 Å². The van der Waals surface area contributed by atoms with Gasteiger partial charge >= 0.3 is 0 Å². The van der Waals surface area contributed by atoms with Crippen LogP contribution in [0.1, 0.15) is 10.4 Å². The number of carbonyl (C=O) groups excluding carboxylic acids is 1. The van der Waals surface area contributed by atoms with Crippen molar-refractivity contribution in [3.05, 3.63) is 77.3 Å². The smallest absolute Gasteiger partial charge is 0.254 e. The third-order valence-corrected chi connectivity index (χ3v) is 4.52. The Hall–Kier alpha value is -2.85. The largest absolute Gasteiger partial charge is 0.331 e. The minimum absolute atomic E-state index is 0.0560. The topological polar surface area (TPSA) is 49.0 Å². The van der Waals surface area contributed by atoms with Crippen LogP contribution in [0.2, 0.25) is 5.02 Å². The standard InChI is InChI=1S/C20H16ClN3O/c21-17-9-7-15(8-10-17)19-13-18(22-23-19)14-3-5-16(6-4-14)20(25)24-11-1-2-12-24/h1-10,13H,11-12H2,(H,22,23). The number of hydrogen-bond acceptors (Lipinski definition) is 2. The number of nitrogens with zero attached hydrogens (tertiary/aromatic N) is 2. The molecule has 0 bridgehead atoms. The van der Waals surface area contributed by atoms with E-state index in [0.29, 0.717) is 23.7 Å². The molecule has 0 atom stereocenters. The Bertz CT molecular complexity index is 918. The SMILES string of the molecule is O=C(c1ccc(-c2cc(-c3ccc(Cl)cc3)[nH]n2)cc1)N1CC=CC1. The fraction of sp³-hybridized carbons (Fsp3) is 0.100. The number of benzene rings is 2. The second kappa shape index (κ2) is 6.57. The van der Waals surface area contributed by atoms with Gasteiger partial charge in [0.1, 0.15) is 0 Å². The summed E-state index contributed by atoms with van der Waals surface area (Å²) in [5, 5.41) is 8.13. The van der Waals surface area contributed by atoms with Gasteiger partial charge in [0.05, 0.1) is 11.4 Å². The molecule has 0 radical (unpaired) electrons. The average Bonchev–Trinajstić information content (AvgIpc) is 3.34. The molecule has 1 amide bonds. The van der Waals surface area contributed by atoms with Crippen LogP contribution in [0.5, 0.6) is 0 Å². The van der Waals surface area contributed by atoms with Crippen molar-refractivity contribution in [1.29, 1.82) is 0 Å². The van der Waals surface area contributed by atoms with E-state index in [-0.39, 0.29) is 5.91 Å². The number of hydrogen-bond donors (Lipinski definition) is 1. The summed E-state index contributed by atoms with van der Waals surface area (Å²) < 4.78 is 0. The van der Waals surface area contributed by atoms with Gasteiger partial charge in [0.25, 0.3) is 5.91 Å². The number of aromatic nitrogens is 2. The Labute approximate surface area is 150 Å². The third kappa shape index (κ3) is 3.21. The molecule has 0 saturated carbocycles. The van der Waals surface area contributed by atoms with Crippen molar-refractivity contribution in [3.8, 4) is 22.5 Å². The molecule has 0 aliphatic carbocycles. The first-order valence-electron chi connectivity index (χ1n) is 8.07. The lowest BCUT2D eigenvalue weighted by molar-refractivity contribution is 0.0800. The number of nitrogens with one attached hydrogen (secondary N) is 1. The lowest BCUT2D eigenvalue weighted by Crippen LogP contribution is -2.28. The van der Waals surface area contributed by atoms with Crippen LogP contribution in [0.25, 0.3) is 22.5 Å². The Morgan fingerprint density at radius 1 is 0.960 bits per heavy atom. The first-order chi connectivity index (χ1) is 12.2. The maximum Gasteiger partial charge on any atom is 0.254 e. The van der Waals surface area contributed by atoms with Crippen molar-refractivity contribution in [2.24, 2.45) is 0 Å². The molecule has 25 heavy (non-hydrogen) atoms. The summed E-state index contributed by atoms with van der Waals surface area (Å²) >= 11 is 5.93. The van der Waals surface area contributed by atoms with Crippen molar-refractivity contribution in [3.63, 3.8) is 0 Å². The fourth-order valence-electron chi connectivity index (χ4n) is 2.86. The molecule has 1 N–H and O–H groups in total. The highest BCUT2D eigenvalue weighted by atomic mass is 35.5. The van der Waals surface area contributed by atoms with Crippen LogP contribution < -0.4 is 0 Å². The monoisotopic (exact) mass is 349 g/mol. The molecule has 1 aliphatic heterocycles. The highest BCUT2D eigenvalue weighted by Crippen LogP contribution is 2.25. The number of rotatable bonds is 3. The first-order valence-corrected chi connectivity index (χ1v) is 8.44. The van der Waals surface area contributed by atoms with Gasteiger partial charge in [-0.2, -0.15) is 5.10 Å². The van der Waals surface area contributed by atoms with Crippen LogP contribution in [-0.2, 0) is 0 Å². The van der Waals surface area contributed by atoms with Crippen LogP contribution in [0.15, 0.2) is 66.7 Å². The van der Waals surface area contributed by atoms with Crippen molar-refractivity contribution in [1.82, 2.24) is 15.1 Å². The predicted molar refractivity (Wildman–Crippen MR) is 99.5 cm³/mol. The van der Waals surface area contributed by atoms with E-state index >= 15 is 0 Å². The summed E-state index contributed by atoms with van der Waals surface area (Å²) in [7, 11) is 0. The highest BCUT2D eigenvalue weighted by molar-refractivity contribution is 6.30. The maximum absolute atomic E-state index is 12.4. The summed E-state index contributed by atoms with van der Waals surface area (Å²) in [6, 6.07) is 17.2. The van der Waals surface area contributed by atoms with Crippen LogP contribution >= 0.6 is 11.6 Å². The maximum atomic E-state index is 12.4. The molecular formula is C20H16ClN3O. The minimum atomic E-state index is 0.0560. The molecule has 2 aromatic carbocycles. The Morgan fingerprint density at radius 2 is 1.60 bits per heavy atom. The first kappa shape index (κ1) is 15.7.